The van der Waals surface area contributed by atoms with Crippen molar-refractivity contribution in [3.05, 3.63) is 35.6 Å². The van der Waals surface area contributed by atoms with Crippen LogP contribution in [-0.2, 0) is 4.79 Å². The lowest BCUT2D eigenvalue weighted by atomic mass is 9.97. The quantitative estimate of drug-likeness (QED) is 0.842. The van der Waals surface area contributed by atoms with E-state index in [1.54, 1.807) is 11.8 Å². The van der Waals surface area contributed by atoms with E-state index >= 15 is 0 Å². The minimum absolute atomic E-state index is 0.340. The van der Waals surface area contributed by atoms with Gasteiger partial charge in [-0.3, -0.25) is 4.79 Å². The monoisotopic (exact) mass is 228 g/mol. The molecule has 0 aliphatic heterocycles. The smallest absolute Gasteiger partial charge is 0.311 e. The number of rotatable bonds is 5. The molecule has 0 spiro atoms. The number of carboxylic acids is 1. The van der Waals surface area contributed by atoms with Gasteiger partial charge < -0.3 is 5.11 Å². The molecule has 1 aromatic rings. The lowest BCUT2D eigenvalue weighted by molar-refractivity contribution is -0.138. The third-order valence-electron chi connectivity index (χ3n) is 2.18. The second kappa shape index (κ2) is 5.75. The summed E-state index contributed by atoms with van der Waals surface area (Å²) in [5.41, 5.74) is 0.665. The summed E-state index contributed by atoms with van der Waals surface area (Å²) in [6, 6.07) is 5.66. The van der Waals surface area contributed by atoms with E-state index in [9.17, 15) is 9.18 Å². The number of benzene rings is 1. The van der Waals surface area contributed by atoms with Gasteiger partial charge in [-0.1, -0.05) is 12.1 Å². The number of hydrogen-bond donors (Lipinski definition) is 1. The maximum atomic E-state index is 12.7. The van der Waals surface area contributed by atoms with Crippen molar-refractivity contribution in [2.24, 2.45) is 0 Å². The zero-order chi connectivity index (χ0) is 11.3. The molecule has 0 amide bonds. The lowest BCUT2D eigenvalue weighted by Crippen LogP contribution is -2.12. The molecular formula is C11H13FO2S. The molecule has 0 aromatic heterocycles. The van der Waals surface area contributed by atoms with Crippen LogP contribution in [0.1, 0.15) is 17.9 Å². The fourth-order valence-electron chi connectivity index (χ4n) is 1.36. The topological polar surface area (TPSA) is 37.3 Å². The maximum absolute atomic E-state index is 12.7. The van der Waals surface area contributed by atoms with E-state index in [1.165, 1.54) is 24.3 Å². The van der Waals surface area contributed by atoms with E-state index in [4.69, 9.17) is 5.11 Å². The molecule has 0 heterocycles. The van der Waals surface area contributed by atoms with Gasteiger partial charge in [-0.25, -0.2) is 4.39 Å². The third-order valence-corrected chi connectivity index (χ3v) is 2.83. The Kier molecular flexibility index (Phi) is 4.62. The Morgan fingerprint density at radius 2 is 2.07 bits per heavy atom. The van der Waals surface area contributed by atoms with Gasteiger partial charge in [0.25, 0.3) is 0 Å². The molecule has 1 aromatic carbocycles. The van der Waals surface area contributed by atoms with Gasteiger partial charge in [-0.2, -0.15) is 11.8 Å². The minimum Gasteiger partial charge on any atom is -0.481 e. The summed E-state index contributed by atoms with van der Waals surface area (Å²) in [6.07, 6.45) is 2.51. The van der Waals surface area contributed by atoms with E-state index in [2.05, 4.69) is 0 Å². The van der Waals surface area contributed by atoms with E-state index in [1.807, 2.05) is 6.26 Å². The predicted molar refractivity (Wildman–Crippen MR) is 59.8 cm³/mol. The Hall–Kier alpha value is -1.03. The van der Waals surface area contributed by atoms with Crippen LogP contribution in [0.4, 0.5) is 4.39 Å². The van der Waals surface area contributed by atoms with Crippen LogP contribution in [0.15, 0.2) is 24.3 Å². The standard InChI is InChI=1S/C11H13FO2S/c1-15-7-6-10(11(13)14)8-2-4-9(12)5-3-8/h2-5,10H,6-7H2,1H3,(H,13,14). The summed E-state index contributed by atoms with van der Waals surface area (Å²) in [7, 11) is 0. The molecule has 0 aliphatic carbocycles. The summed E-state index contributed by atoms with van der Waals surface area (Å²) in [6.45, 7) is 0. The van der Waals surface area contributed by atoms with Crippen molar-refractivity contribution < 1.29 is 14.3 Å². The Balaban J connectivity index is 2.79. The van der Waals surface area contributed by atoms with Gasteiger partial charge in [0, 0.05) is 0 Å². The van der Waals surface area contributed by atoms with E-state index < -0.39 is 11.9 Å². The minimum atomic E-state index is -0.851. The van der Waals surface area contributed by atoms with Crippen LogP contribution < -0.4 is 0 Å². The average molecular weight is 228 g/mol. The highest BCUT2D eigenvalue weighted by Crippen LogP contribution is 2.21. The molecule has 0 saturated heterocycles. The molecule has 15 heavy (non-hydrogen) atoms. The molecule has 0 fully saturated rings. The first-order valence-electron chi connectivity index (χ1n) is 4.62. The van der Waals surface area contributed by atoms with Gasteiger partial charge in [0.1, 0.15) is 5.82 Å². The van der Waals surface area contributed by atoms with Gasteiger partial charge in [-0.05, 0) is 36.1 Å². The van der Waals surface area contributed by atoms with Crippen molar-refractivity contribution in [1.29, 1.82) is 0 Å². The zero-order valence-electron chi connectivity index (χ0n) is 8.44. The third kappa shape index (κ3) is 3.55. The highest BCUT2D eigenvalue weighted by molar-refractivity contribution is 7.98. The Labute approximate surface area is 92.5 Å². The summed E-state index contributed by atoms with van der Waals surface area (Å²) in [4.78, 5) is 11.0. The van der Waals surface area contributed by atoms with E-state index in [-0.39, 0.29) is 5.82 Å². The van der Waals surface area contributed by atoms with E-state index in [0.29, 0.717) is 12.0 Å². The largest absolute Gasteiger partial charge is 0.481 e. The number of thioether (sulfide) groups is 1. The fraction of sp³-hybridized carbons (Fsp3) is 0.364. The Morgan fingerprint density at radius 3 is 2.53 bits per heavy atom. The second-order valence-electron chi connectivity index (χ2n) is 3.22. The zero-order valence-corrected chi connectivity index (χ0v) is 9.26. The average Bonchev–Trinajstić information content (AvgIpc) is 2.21. The van der Waals surface area contributed by atoms with Gasteiger partial charge in [0.15, 0.2) is 0 Å². The molecule has 0 saturated carbocycles. The van der Waals surface area contributed by atoms with Crippen molar-refractivity contribution in [3.8, 4) is 0 Å². The molecule has 0 bridgehead atoms. The van der Waals surface area contributed by atoms with Gasteiger partial charge in [0.2, 0.25) is 0 Å². The maximum Gasteiger partial charge on any atom is 0.311 e. The molecule has 0 aliphatic rings. The van der Waals surface area contributed by atoms with E-state index in [0.717, 1.165) is 5.75 Å². The van der Waals surface area contributed by atoms with Gasteiger partial charge in [0.05, 0.1) is 5.92 Å². The molecule has 82 valence electrons. The molecule has 1 rings (SSSR count). The number of halogens is 1. The number of carboxylic acid groups (broad SMARTS) is 1. The molecule has 0 radical (unpaired) electrons. The first kappa shape index (κ1) is 12.0. The summed E-state index contributed by atoms with van der Waals surface area (Å²) in [5.74, 6) is -0.935. The van der Waals surface area contributed by atoms with Crippen LogP contribution in [0.2, 0.25) is 0 Å². The molecule has 1 N–H and O–H groups in total. The van der Waals surface area contributed by atoms with Crippen LogP contribution in [0, 0.1) is 5.82 Å². The van der Waals surface area contributed by atoms with Crippen LogP contribution >= 0.6 is 11.8 Å². The molecule has 2 nitrogen and oxygen atoms in total. The second-order valence-corrected chi connectivity index (χ2v) is 4.21. The van der Waals surface area contributed by atoms with Crippen LogP contribution in [-0.4, -0.2) is 23.1 Å². The van der Waals surface area contributed by atoms with Crippen molar-refractivity contribution >= 4 is 17.7 Å². The summed E-state index contributed by atoms with van der Waals surface area (Å²) < 4.78 is 12.7. The highest BCUT2D eigenvalue weighted by Gasteiger charge is 2.18. The van der Waals surface area contributed by atoms with Crippen molar-refractivity contribution in [2.75, 3.05) is 12.0 Å². The molecular weight excluding hydrogens is 215 g/mol. The number of aliphatic carboxylic acids is 1. The first-order valence-corrected chi connectivity index (χ1v) is 6.01. The summed E-state index contributed by atoms with van der Waals surface area (Å²) in [5, 5.41) is 9.02. The van der Waals surface area contributed by atoms with Crippen molar-refractivity contribution in [3.63, 3.8) is 0 Å². The molecule has 1 atom stereocenters. The van der Waals surface area contributed by atoms with Crippen LogP contribution in [0.3, 0.4) is 0 Å². The molecule has 1 unspecified atom stereocenters. The lowest BCUT2D eigenvalue weighted by Gasteiger charge is -2.11. The first-order chi connectivity index (χ1) is 7.15. The number of carbonyl (C=O) groups is 1. The Bertz CT molecular complexity index is 324. The SMILES string of the molecule is CSCCC(C(=O)O)c1ccc(F)cc1. The van der Waals surface area contributed by atoms with Gasteiger partial charge >= 0.3 is 5.97 Å². The normalized spacial score (nSPS) is 12.4. The van der Waals surface area contributed by atoms with Crippen LogP contribution in [0.5, 0.6) is 0 Å². The predicted octanol–water partition coefficient (Wildman–Crippen LogP) is 2.75. The highest BCUT2D eigenvalue weighted by atomic mass is 32.2. The van der Waals surface area contributed by atoms with Crippen LogP contribution in [0.25, 0.3) is 0 Å². The van der Waals surface area contributed by atoms with Crippen molar-refractivity contribution in [2.45, 2.75) is 12.3 Å². The Morgan fingerprint density at radius 1 is 1.47 bits per heavy atom. The van der Waals surface area contributed by atoms with Gasteiger partial charge in [-0.15, -0.1) is 0 Å². The van der Waals surface area contributed by atoms with Crippen molar-refractivity contribution in [1.82, 2.24) is 0 Å². The fourth-order valence-corrected chi connectivity index (χ4v) is 1.83. The summed E-state index contributed by atoms with van der Waals surface area (Å²) >= 11 is 1.61. The molecule has 4 heteroatoms. The number of hydrogen-bond acceptors (Lipinski definition) is 2.